The lowest BCUT2D eigenvalue weighted by molar-refractivity contribution is 0.182. The molecule has 130 valence electrons. The zero-order chi connectivity index (χ0) is 17.7. The Morgan fingerprint density at radius 2 is 2.08 bits per heavy atom. The summed E-state index contributed by atoms with van der Waals surface area (Å²) in [6, 6.07) is 4.12. The van der Waals surface area contributed by atoms with E-state index in [4.69, 9.17) is 4.74 Å². The molecule has 0 bridgehead atoms. The molecule has 0 aliphatic carbocycles. The molecule has 7 heteroatoms. The molecule has 0 unspecified atom stereocenters. The van der Waals surface area contributed by atoms with Crippen molar-refractivity contribution in [3.63, 3.8) is 0 Å². The number of hydrogen-bond donors (Lipinski definition) is 2. The first-order chi connectivity index (χ1) is 11.4. The van der Waals surface area contributed by atoms with E-state index < -0.39 is 11.8 Å². The largest absolute Gasteiger partial charge is 0.383 e. The van der Waals surface area contributed by atoms with Gasteiger partial charge in [0.05, 0.1) is 24.5 Å². The van der Waals surface area contributed by atoms with E-state index in [9.17, 15) is 9.18 Å². The molecule has 2 amide bonds. The number of hydrogen-bond acceptors (Lipinski definition) is 3. The summed E-state index contributed by atoms with van der Waals surface area (Å²) < 4.78 is 20.6. The highest BCUT2D eigenvalue weighted by Gasteiger charge is 2.13. The number of nitrogens with one attached hydrogen (secondary N) is 2. The summed E-state index contributed by atoms with van der Waals surface area (Å²) >= 11 is 0. The van der Waals surface area contributed by atoms with Crippen molar-refractivity contribution in [3.05, 3.63) is 46.5 Å². The van der Waals surface area contributed by atoms with Crippen LogP contribution in [0.4, 0.5) is 14.9 Å². The fourth-order valence-corrected chi connectivity index (χ4v) is 2.46. The molecule has 2 rings (SSSR count). The van der Waals surface area contributed by atoms with Crippen molar-refractivity contribution in [2.24, 2.45) is 0 Å². The van der Waals surface area contributed by atoms with Gasteiger partial charge in [0.1, 0.15) is 5.82 Å². The lowest BCUT2D eigenvalue weighted by Gasteiger charge is -2.10. The van der Waals surface area contributed by atoms with Crippen molar-refractivity contribution in [3.8, 4) is 0 Å². The van der Waals surface area contributed by atoms with Crippen LogP contribution in [0.25, 0.3) is 0 Å². The fraction of sp³-hybridized carbons (Fsp3) is 0.412. The number of halogens is 1. The Morgan fingerprint density at radius 1 is 1.33 bits per heavy atom. The molecular weight excluding hydrogens is 311 g/mol. The van der Waals surface area contributed by atoms with E-state index in [2.05, 4.69) is 15.7 Å². The summed E-state index contributed by atoms with van der Waals surface area (Å²) in [5.41, 5.74) is 3.82. The van der Waals surface area contributed by atoms with Crippen LogP contribution in [0.15, 0.2) is 18.2 Å². The molecule has 0 aliphatic rings. The lowest BCUT2D eigenvalue weighted by atomic mass is 10.2. The SMILES string of the molecule is COCCn1nc(C)c(CNC(=O)Nc2cc(C)ccc2F)c1C. The van der Waals surface area contributed by atoms with Gasteiger partial charge in [0.2, 0.25) is 0 Å². The van der Waals surface area contributed by atoms with Crippen LogP contribution in [0.2, 0.25) is 0 Å². The highest BCUT2D eigenvalue weighted by Crippen LogP contribution is 2.16. The summed E-state index contributed by atoms with van der Waals surface area (Å²) in [4.78, 5) is 12.0. The van der Waals surface area contributed by atoms with Crippen molar-refractivity contribution in [1.82, 2.24) is 15.1 Å². The molecule has 0 fully saturated rings. The number of carbonyl (C=O) groups is 1. The number of carbonyl (C=O) groups excluding carboxylic acids is 1. The maximum absolute atomic E-state index is 13.7. The zero-order valence-electron chi connectivity index (χ0n) is 14.4. The number of nitrogens with zero attached hydrogens (tertiary/aromatic N) is 2. The molecule has 24 heavy (non-hydrogen) atoms. The summed E-state index contributed by atoms with van der Waals surface area (Å²) in [7, 11) is 1.64. The third-order valence-corrected chi connectivity index (χ3v) is 3.83. The van der Waals surface area contributed by atoms with Crippen LogP contribution in [0.3, 0.4) is 0 Å². The van der Waals surface area contributed by atoms with Crippen LogP contribution in [-0.4, -0.2) is 29.5 Å². The predicted octanol–water partition coefficient (Wildman–Crippen LogP) is 2.92. The van der Waals surface area contributed by atoms with Crippen LogP contribution in [0.5, 0.6) is 0 Å². The molecule has 6 nitrogen and oxygen atoms in total. The van der Waals surface area contributed by atoms with E-state index in [1.165, 1.54) is 6.07 Å². The molecule has 1 aromatic heterocycles. The van der Waals surface area contributed by atoms with E-state index >= 15 is 0 Å². The number of benzene rings is 1. The second-order valence-corrected chi connectivity index (χ2v) is 5.66. The highest BCUT2D eigenvalue weighted by atomic mass is 19.1. The normalized spacial score (nSPS) is 10.7. The number of anilines is 1. The lowest BCUT2D eigenvalue weighted by Crippen LogP contribution is -2.29. The molecule has 0 aliphatic heterocycles. The molecule has 0 radical (unpaired) electrons. The minimum absolute atomic E-state index is 0.164. The standard InChI is InChI=1S/C17H23FN4O2/c1-11-5-6-15(18)16(9-11)20-17(23)19-10-14-12(2)21-22(13(14)3)7-8-24-4/h5-6,9H,7-8,10H2,1-4H3,(H2,19,20,23). The number of methoxy groups -OCH3 is 1. The summed E-state index contributed by atoms with van der Waals surface area (Å²) in [5, 5.41) is 9.71. The molecular formula is C17H23FN4O2. The molecule has 0 atom stereocenters. The Hall–Kier alpha value is -2.41. The third-order valence-electron chi connectivity index (χ3n) is 3.83. The van der Waals surface area contributed by atoms with Crippen molar-refractivity contribution in [2.75, 3.05) is 19.0 Å². The minimum Gasteiger partial charge on any atom is -0.383 e. The van der Waals surface area contributed by atoms with Crippen molar-refractivity contribution in [2.45, 2.75) is 33.9 Å². The van der Waals surface area contributed by atoms with Crippen molar-refractivity contribution >= 4 is 11.7 Å². The molecule has 2 N–H and O–H groups in total. The smallest absolute Gasteiger partial charge is 0.319 e. The molecule has 0 saturated carbocycles. The van der Waals surface area contributed by atoms with Gasteiger partial charge in [0.25, 0.3) is 0 Å². The molecule has 2 aromatic rings. The van der Waals surface area contributed by atoms with Gasteiger partial charge in [-0.15, -0.1) is 0 Å². The fourth-order valence-electron chi connectivity index (χ4n) is 2.46. The third kappa shape index (κ3) is 4.32. The van der Waals surface area contributed by atoms with Gasteiger partial charge >= 0.3 is 6.03 Å². The quantitative estimate of drug-likeness (QED) is 0.853. The van der Waals surface area contributed by atoms with Gasteiger partial charge < -0.3 is 15.4 Å². The van der Waals surface area contributed by atoms with E-state index in [-0.39, 0.29) is 5.69 Å². The van der Waals surface area contributed by atoms with Gasteiger partial charge in [-0.25, -0.2) is 9.18 Å². The predicted molar refractivity (Wildman–Crippen MR) is 90.6 cm³/mol. The number of amides is 2. The van der Waals surface area contributed by atoms with Gasteiger partial charge in [-0.2, -0.15) is 5.10 Å². The number of rotatable bonds is 6. The van der Waals surface area contributed by atoms with Crippen LogP contribution in [0, 0.1) is 26.6 Å². The average Bonchev–Trinajstić information content (AvgIpc) is 2.81. The van der Waals surface area contributed by atoms with Gasteiger partial charge in [-0.3, -0.25) is 4.68 Å². The van der Waals surface area contributed by atoms with E-state index in [0.29, 0.717) is 19.7 Å². The zero-order valence-corrected chi connectivity index (χ0v) is 14.4. The Kier molecular flexibility index (Phi) is 5.92. The first-order valence-electron chi connectivity index (χ1n) is 7.75. The van der Waals surface area contributed by atoms with E-state index in [1.807, 2.05) is 25.5 Å². The van der Waals surface area contributed by atoms with Crippen molar-refractivity contribution < 1.29 is 13.9 Å². The molecule has 0 saturated heterocycles. The Balaban J connectivity index is 1.99. The topological polar surface area (TPSA) is 68.2 Å². The average molecular weight is 334 g/mol. The number of ether oxygens (including phenoxy) is 1. The molecule has 1 heterocycles. The second kappa shape index (κ2) is 7.92. The first kappa shape index (κ1) is 17.9. The Bertz CT molecular complexity index is 728. The number of aryl methyl sites for hydroxylation is 2. The minimum atomic E-state index is -0.463. The van der Waals surface area contributed by atoms with Gasteiger partial charge in [-0.1, -0.05) is 6.07 Å². The van der Waals surface area contributed by atoms with Crippen LogP contribution < -0.4 is 10.6 Å². The van der Waals surface area contributed by atoms with Gasteiger partial charge in [-0.05, 0) is 38.5 Å². The molecule has 1 aromatic carbocycles. The first-order valence-corrected chi connectivity index (χ1v) is 7.75. The summed E-state index contributed by atoms with van der Waals surface area (Å²) in [6.45, 7) is 7.23. The highest BCUT2D eigenvalue weighted by molar-refractivity contribution is 5.89. The monoisotopic (exact) mass is 334 g/mol. The maximum atomic E-state index is 13.7. The van der Waals surface area contributed by atoms with Gasteiger partial charge in [0, 0.05) is 24.9 Å². The molecule has 0 spiro atoms. The summed E-state index contributed by atoms with van der Waals surface area (Å²) in [5.74, 6) is -0.463. The Morgan fingerprint density at radius 3 is 2.79 bits per heavy atom. The van der Waals surface area contributed by atoms with E-state index in [1.54, 1.807) is 19.2 Å². The number of aromatic nitrogens is 2. The second-order valence-electron chi connectivity index (χ2n) is 5.66. The van der Waals surface area contributed by atoms with Crippen molar-refractivity contribution in [1.29, 1.82) is 0 Å². The number of urea groups is 1. The maximum Gasteiger partial charge on any atom is 0.319 e. The van der Waals surface area contributed by atoms with Crippen LogP contribution in [0.1, 0.15) is 22.5 Å². The van der Waals surface area contributed by atoms with Crippen LogP contribution >= 0.6 is 0 Å². The Labute approximate surface area is 141 Å². The van der Waals surface area contributed by atoms with Crippen LogP contribution in [-0.2, 0) is 17.8 Å². The summed E-state index contributed by atoms with van der Waals surface area (Å²) in [6.07, 6.45) is 0. The van der Waals surface area contributed by atoms with E-state index in [0.717, 1.165) is 22.5 Å². The van der Waals surface area contributed by atoms with Gasteiger partial charge in [0.15, 0.2) is 0 Å².